The number of amides is 1. The minimum atomic E-state index is -3.28. The highest BCUT2D eigenvalue weighted by Gasteiger charge is 2.15. The minimum absolute atomic E-state index is 0.0265. The van der Waals surface area contributed by atoms with Crippen molar-refractivity contribution in [2.75, 3.05) is 31.1 Å². The fourth-order valence-corrected chi connectivity index (χ4v) is 2.54. The largest absolute Gasteiger partial charge is 0.355 e. The van der Waals surface area contributed by atoms with Gasteiger partial charge in [-0.1, -0.05) is 26.7 Å². The van der Waals surface area contributed by atoms with E-state index >= 15 is 0 Å². The summed E-state index contributed by atoms with van der Waals surface area (Å²) in [7, 11) is -3.28. The highest BCUT2D eigenvalue weighted by molar-refractivity contribution is 7.92. The summed E-state index contributed by atoms with van der Waals surface area (Å²) in [5.41, 5.74) is 0. The number of rotatable bonds is 11. The first-order valence-corrected chi connectivity index (χ1v) is 8.51. The van der Waals surface area contributed by atoms with E-state index in [0.717, 1.165) is 32.2 Å². The molecule has 6 heteroatoms. The Kier molecular flexibility index (Phi) is 9.96. The van der Waals surface area contributed by atoms with Crippen LogP contribution in [0.3, 0.4) is 0 Å². The topological polar surface area (TPSA) is 75.3 Å². The molecule has 0 aromatic rings. The van der Waals surface area contributed by atoms with E-state index in [1.165, 1.54) is 0 Å². The Morgan fingerprint density at radius 2 is 1.72 bits per heavy atom. The zero-order valence-corrected chi connectivity index (χ0v) is 12.3. The van der Waals surface area contributed by atoms with Crippen LogP contribution in [0.5, 0.6) is 0 Å². The van der Waals surface area contributed by atoms with E-state index in [4.69, 9.17) is 0 Å². The number of carbonyl (C=O) groups excluding carboxylic acids is 1. The van der Waals surface area contributed by atoms with Gasteiger partial charge in [0, 0.05) is 13.1 Å². The van der Waals surface area contributed by atoms with Crippen molar-refractivity contribution in [3.05, 3.63) is 0 Å². The monoisotopic (exact) mass is 278 g/mol. The van der Waals surface area contributed by atoms with Crippen LogP contribution in [-0.4, -0.2) is 45.5 Å². The maximum absolute atomic E-state index is 11.6. The quantitative estimate of drug-likeness (QED) is 0.546. The molecule has 0 aliphatic heterocycles. The maximum atomic E-state index is 11.6. The van der Waals surface area contributed by atoms with E-state index in [9.17, 15) is 13.2 Å². The molecule has 0 spiro atoms. The average molecular weight is 278 g/mol. The van der Waals surface area contributed by atoms with Gasteiger partial charge in [-0.3, -0.25) is 4.79 Å². The zero-order valence-electron chi connectivity index (χ0n) is 11.5. The molecule has 0 radical (unpaired) electrons. The lowest BCUT2D eigenvalue weighted by Gasteiger charge is -2.06. The molecule has 0 aromatic carbocycles. The van der Waals surface area contributed by atoms with Gasteiger partial charge in [-0.25, -0.2) is 8.42 Å². The number of nitrogens with one attached hydrogen (secondary N) is 2. The van der Waals surface area contributed by atoms with E-state index in [1.807, 2.05) is 6.92 Å². The molecule has 0 saturated heterocycles. The predicted octanol–water partition coefficient (Wildman–Crippen LogP) is 0.707. The summed E-state index contributed by atoms with van der Waals surface area (Å²) in [6.45, 7) is 5.84. The second-order valence-electron chi connectivity index (χ2n) is 4.40. The van der Waals surface area contributed by atoms with Crippen LogP contribution in [0.2, 0.25) is 0 Å². The van der Waals surface area contributed by atoms with Crippen LogP contribution in [0.25, 0.3) is 0 Å². The summed E-state index contributed by atoms with van der Waals surface area (Å²) in [5, 5.41) is 5.65. The van der Waals surface area contributed by atoms with Crippen LogP contribution in [0, 0.1) is 0 Å². The van der Waals surface area contributed by atoms with Crippen LogP contribution in [0.15, 0.2) is 0 Å². The molecule has 0 atom stereocenters. The molecule has 5 nitrogen and oxygen atoms in total. The summed E-state index contributed by atoms with van der Waals surface area (Å²) >= 11 is 0. The summed E-state index contributed by atoms with van der Waals surface area (Å²) in [4.78, 5) is 11.3. The number of carbonyl (C=O) groups is 1. The van der Waals surface area contributed by atoms with Crippen molar-refractivity contribution < 1.29 is 13.2 Å². The fraction of sp³-hybridized carbons (Fsp3) is 0.917. The Bertz CT molecular complexity index is 315. The van der Waals surface area contributed by atoms with E-state index in [-0.39, 0.29) is 5.75 Å². The van der Waals surface area contributed by atoms with E-state index < -0.39 is 21.5 Å². The first kappa shape index (κ1) is 17.4. The summed E-state index contributed by atoms with van der Waals surface area (Å²) < 4.78 is 23.2. The third-order valence-corrected chi connectivity index (χ3v) is 4.00. The van der Waals surface area contributed by atoms with Crippen molar-refractivity contribution in [2.45, 2.75) is 39.5 Å². The molecule has 0 aliphatic carbocycles. The number of sulfone groups is 1. The molecule has 0 unspecified atom stereocenters. The average Bonchev–Trinajstić information content (AvgIpc) is 2.30. The van der Waals surface area contributed by atoms with Gasteiger partial charge >= 0.3 is 0 Å². The third kappa shape index (κ3) is 10.5. The van der Waals surface area contributed by atoms with Gasteiger partial charge in [-0.2, -0.15) is 0 Å². The van der Waals surface area contributed by atoms with Crippen LogP contribution in [0.4, 0.5) is 0 Å². The summed E-state index contributed by atoms with van der Waals surface area (Å²) in [5.74, 6) is -0.773. The Morgan fingerprint density at radius 1 is 1.00 bits per heavy atom. The Morgan fingerprint density at radius 3 is 2.33 bits per heavy atom. The van der Waals surface area contributed by atoms with Gasteiger partial charge < -0.3 is 10.6 Å². The number of hydrogen-bond donors (Lipinski definition) is 2. The highest BCUT2D eigenvalue weighted by atomic mass is 32.2. The molecule has 0 saturated carbocycles. The lowest BCUT2D eigenvalue weighted by Crippen LogP contribution is -2.34. The van der Waals surface area contributed by atoms with E-state index in [0.29, 0.717) is 13.1 Å². The Labute approximate surface area is 111 Å². The second kappa shape index (κ2) is 10.3. The molecule has 0 rings (SSSR count). The van der Waals surface area contributed by atoms with Crippen molar-refractivity contribution in [1.82, 2.24) is 10.6 Å². The Balaban J connectivity index is 3.70. The standard InChI is InChI=1S/C12H26N2O3S/c1-3-5-6-8-13-9-10-18(16,17)11-12(15)14-7-4-2/h13H,3-11H2,1-2H3,(H,14,15). The van der Waals surface area contributed by atoms with Gasteiger partial charge in [0.25, 0.3) is 0 Å². The molecular formula is C12H26N2O3S. The van der Waals surface area contributed by atoms with Crippen LogP contribution in [0.1, 0.15) is 39.5 Å². The summed E-state index contributed by atoms with van der Waals surface area (Å²) in [6, 6.07) is 0. The summed E-state index contributed by atoms with van der Waals surface area (Å²) in [6.07, 6.45) is 4.18. The second-order valence-corrected chi connectivity index (χ2v) is 6.58. The maximum Gasteiger partial charge on any atom is 0.235 e. The molecule has 108 valence electrons. The van der Waals surface area contributed by atoms with Crippen molar-refractivity contribution in [2.24, 2.45) is 0 Å². The van der Waals surface area contributed by atoms with Crippen LogP contribution in [-0.2, 0) is 14.6 Å². The molecular weight excluding hydrogens is 252 g/mol. The Hall–Kier alpha value is -0.620. The zero-order chi connectivity index (χ0) is 13.9. The minimum Gasteiger partial charge on any atom is -0.355 e. The van der Waals surface area contributed by atoms with Crippen molar-refractivity contribution in [3.8, 4) is 0 Å². The van der Waals surface area contributed by atoms with Gasteiger partial charge in [0.1, 0.15) is 5.75 Å². The van der Waals surface area contributed by atoms with Gasteiger partial charge in [0.15, 0.2) is 9.84 Å². The molecule has 0 aromatic heterocycles. The molecule has 0 fully saturated rings. The van der Waals surface area contributed by atoms with Crippen LogP contribution >= 0.6 is 0 Å². The first-order chi connectivity index (χ1) is 8.52. The molecule has 1 amide bonds. The molecule has 2 N–H and O–H groups in total. The predicted molar refractivity (Wildman–Crippen MR) is 74.3 cm³/mol. The van der Waals surface area contributed by atoms with Gasteiger partial charge in [0.2, 0.25) is 5.91 Å². The molecule has 0 heterocycles. The van der Waals surface area contributed by atoms with Gasteiger partial charge in [-0.05, 0) is 19.4 Å². The lowest BCUT2D eigenvalue weighted by molar-refractivity contribution is -0.118. The molecule has 0 aliphatic rings. The fourth-order valence-electron chi connectivity index (χ4n) is 1.44. The third-order valence-electron chi connectivity index (χ3n) is 2.47. The SMILES string of the molecule is CCCCCNCCS(=O)(=O)CC(=O)NCCC. The van der Waals surface area contributed by atoms with E-state index in [1.54, 1.807) is 0 Å². The van der Waals surface area contributed by atoms with Gasteiger partial charge in [-0.15, -0.1) is 0 Å². The smallest absolute Gasteiger partial charge is 0.235 e. The molecule has 0 bridgehead atoms. The molecule has 18 heavy (non-hydrogen) atoms. The first-order valence-electron chi connectivity index (χ1n) is 6.69. The van der Waals surface area contributed by atoms with Crippen molar-refractivity contribution in [3.63, 3.8) is 0 Å². The highest BCUT2D eigenvalue weighted by Crippen LogP contribution is 1.92. The number of hydrogen-bond acceptors (Lipinski definition) is 4. The number of unbranched alkanes of at least 4 members (excludes halogenated alkanes) is 2. The lowest BCUT2D eigenvalue weighted by atomic mass is 10.2. The van der Waals surface area contributed by atoms with Crippen molar-refractivity contribution in [1.29, 1.82) is 0 Å². The van der Waals surface area contributed by atoms with Crippen molar-refractivity contribution >= 4 is 15.7 Å². The van der Waals surface area contributed by atoms with Crippen LogP contribution < -0.4 is 10.6 Å². The normalized spacial score (nSPS) is 11.4. The van der Waals surface area contributed by atoms with Gasteiger partial charge in [0.05, 0.1) is 5.75 Å². The van der Waals surface area contributed by atoms with E-state index in [2.05, 4.69) is 17.6 Å².